The molecule has 1 rings (SSSR count). The minimum Gasteiger partial charge on any atom is -0.394 e. The van der Waals surface area contributed by atoms with Crippen molar-refractivity contribution < 1.29 is 14.9 Å². The molecule has 1 aromatic rings. The zero-order chi connectivity index (χ0) is 12.5. The van der Waals surface area contributed by atoms with Gasteiger partial charge in [-0.05, 0) is 12.5 Å². The van der Waals surface area contributed by atoms with Crippen LogP contribution >= 0.6 is 0 Å². The Morgan fingerprint density at radius 3 is 2.59 bits per heavy atom. The van der Waals surface area contributed by atoms with Crippen molar-refractivity contribution in [1.29, 1.82) is 0 Å². The van der Waals surface area contributed by atoms with Crippen molar-refractivity contribution in [3.05, 3.63) is 35.4 Å². The third-order valence-corrected chi connectivity index (χ3v) is 2.46. The van der Waals surface area contributed by atoms with Gasteiger partial charge in [-0.25, -0.2) is 0 Å². The summed E-state index contributed by atoms with van der Waals surface area (Å²) in [6, 6.07) is 7.85. The largest absolute Gasteiger partial charge is 0.394 e. The highest BCUT2D eigenvalue weighted by Crippen LogP contribution is 2.12. The summed E-state index contributed by atoms with van der Waals surface area (Å²) in [5.74, 6) is 0. The summed E-state index contributed by atoms with van der Waals surface area (Å²) in [6.07, 6.45) is -0.492. The Morgan fingerprint density at radius 2 is 1.94 bits per heavy atom. The first-order chi connectivity index (χ1) is 8.24. The maximum Gasteiger partial charge on any atom is 0.0914 e. The van der Waals surface area contributed by atoms with Crippen LogP contribution in [0.15, 0.2) is 24.3 Å². The van der Waals surface area contributed by atoms with E-state index in [2.05, 4.69) is 5.32 Å². The minimum absolute atomic E-state index is 0.0476. The smallest absolute Gasteiger partial charge is 0.0914 e. The molecular formula is C13H21NO3. The Kier molecular flexibility index (Phi) is 6.81. The van der Waals surface area contributed by atoms with Gasteiger partial charge in [0.1, 0.15) is 0 Å². The van der Waals surface area contributed by atoms with E-state index in [0.29, 0.717) is 26.3 Å². The lowest BCUT2D eigenvalue weighted by Gasteiger charge is -2.12. The molecule has 0 fully saturated rings. The lowest BCUT2D eigenvalue weighted by molar-refractivity contribution is 0.0910. The van der Waals surface area contributed by atoms with E-state index >= 15 is 0 Å². The monoisotopic (exact) mass is 239 g/mol. The standard InChI is InChI=1S/C13H21NO3/c1-11-2-4-12(5-3-11)13(16)10-14-6-8-17-9-7-15/h2-5,13-16H,6-10H2,1H3. The van der Waals surface area contributed by atoms with Crippen molar-refractivity contribution in [1.82, 2.24) is 5.32 Å². The van der Waals surface area contributed by atoms with Crippen LogP contribution in [0.4, 0.5) is 0 Å². The molecule has 0 saturated carbocycles. The minimum atomic E-state index is -0.492. The molecule has 0 amide bonds. The quantitative estimate of drug-likeness (QED) is 0.582. The Labute approximate surface area is 102 Å². The molecule has 0 aliphatic rings. The van der Waals surface area contributed by atoms with Gasteiger partial charge in [-0.15, -0.1) is 0 Å². The number of hydrogen-bond acceptors (Lipinski definition) is 4. The summed E-state index contributed by atoms with van der Waals surface area (Å²) in [5, 5.41) is 21.5. The summed E-state index contributed by atoms with van der Waals surface area (Å²) >= 11 is 0. The number of aliphatic hydroxyl groups is 2. The lowest BCUT2D eigenvalue weighted by atomic mass is 10.1. The molecule has 0 radical (unpaired) electrons. The summed E-state index contributed by atoms with van der Waals surface area (Å²) in [7, 11) is 0. The average Bonchev–Trinajstić information content (AvgIpc) is 2.34. The van der Waals surface area contributed by atoms with Crippen molar-refractivity contribution in [3.63, 3.8) is 0 Å². The van der Waals surface area contributed by atoms with Gasteiger partial charge in [0.2, 0.25) is 0 Å². The number of nitrogens with one attached hydrogen (secondary N) is 1. The number of benzene rings is 1. The van der Waals surface area contributed by atoms with Crippen molar-refractivity contribution in [2.75, 3.05) is 32.9 Å². The maximum absolute atomic E-state index is 9.87. The second-order valence-corrected chi connectivity index (χ2v) is 3.97. The van der Waals surface area contributed by atoms with E-state index in [1.54, 1.807) is 0 Å². The molecule has 0 saturated heterocycles. The van der Waals surface area contributed by atoms with E-state index in [1.165, 1.54) is 5.56 Å². The van der Waals surface area contributed by atoms with Crippen molar-refractivity contribution in [2.24, 2.45) is 0 Å². The maximum atomic E-state index is 9.87. The molecule has 0 aliphatic carbocycles. The van der Waals surface area contributed by atoms with Crippen LogP contribution in [-0.4, -0.2) is 43.1 Å². The molecule has 96 valence electrons. The van der Waals surface area contributed by atoms with Gasteiger partial charge in [-0.1, -0.05) is 29.8 Å². The number of rotatable bonds is 8. The molecule has 0 heterocycles. The van der Waals surface area contributed by atoms with Gasteiger partial charge in [0.05, 0.1) is 25.9 Å². The van der Waals surface area contributed by atoms with Crippen LogP contribution in [0.5, 0.6) is 0 Å². The fourth-order valence-corrected chi connectivity index (χ4v) is 1.46. The molecule has 4 heteroatoms. The number of hydrogen-bond donors (Lipinski definition) is 3. The summed E-state index contributed by atoms with van der Waals surface area (Å²) in [4.78, 5) is 0. The van der Waals surface area contributed by atoms with Crippen LogP contribution in [0.2, 0.25) is 0 Å². The molecule has 17 heavy (non-hydrogen) atoms. The van der Waals surface area contributed by atoms with Gasteiger partial charge < -0.3 is 20.3 Å². The summed E-state index contributed by atoms with van der Waals surface area (Å²) in [6.45, 7) is 4.15. The first kappa shape index (κ1) is 14.1. The van der Waals surface area contributed by atoms with Crippen LogP contribution in [0.1, 0.15) is 17.2 Å². The van der Waals surface area contributed by atoms with Gasteiger partial charge in [0, 0.05) is 13.1 Å². The zero-order valence-electron chi connectivity index (χ0n) is 10.2. The summed E-state index contributed by atoms with van der Waals surface area (Å²) in [5.41, 5.74) is 2.10. The number of aliphatic hydroxyl groups excluding tert-OH is 2. The molecule has 1 atom stereocenters. The van der Waals surface area contributed by atoms with E-state index in [9.17, 15) is 5.11 Å². The summed E-state index contributed by atoms with van der Waals surface area (Å²) < 4.78 is 5.09. The van der Waals surface area contributed by atoms with Crippen molar-refractivity contribution in [3.8, 4) is 0 Å². The van der Waals surface area contributed by atoms with E-state index in [1.807, 2.05) is 31.2 Å². The topological polar surface area (TPSA) is 61.7 Å². The highest BCUT2D eigenvalue weighted by molar-refractivity contribution is 5.23. The predicted molar refractivity (Wildman–Crippen MR) is 66.9 cm³/mol. The fourth-order valence-electron chi connectivity index (χ4n) is 1.46. The SMILES string of the molecule is Cc1ccc(C(O)CNCCOCCO)cc1. The average molecular weight is 239 g/mol. The van der Waals surface area contributed by atoms with Gasteiger partial charge >= 0.3 is 0 Å². The van der Waals surface area contributed by atoms with Gasteiger partial charge in [-0.2, -0.15) is 0 Å². The van der Waals surface area contributed by atoms with Gasteiger partial charge in [0.25, 0.3) is 0 Å². The van der Waals surface area contributed by atoms with Crippen LogP contribution < -0.4 is 5.32 Å². The molecule has 0 spiro atoms. The molecule has 0 bridgehead atoms. The third-order valence-electron chi connectivity index (χ3n) is 2.46. The number of ether oxygens (including phenoxy) is 1. The molecule has 0 aliphatic heterocycles. The highest BCUT2D eigenvalue weighted by Gasteiger charge is 2.05. The second kappa shape index (κ2) is 8.20. The molecule has 1 unspecified atom stereocenters. The lowest BCUT2D eigenvalue weighted by Crippen LogP contribution is -2.25. The highest BCUT2D eigenvalue weighted by atomic mass is 16.5. The fraction of sp³-hybridized carbons (Fsp3) is 0.538. The van der Waals surface area contributed by atoms with Crippen LogP contribution in [-0.2, 0) is 4.74 Å². The third kappa shape index (κ3) is 5.79. The molecule has 4 nitrogen and oxygen atoms in total. The Balaban J connectivity index is 2.16. The number of aryl methyl sites for hydroxylation is 1. The molecule has 0 aromatic heterocycles. The normalized spacial score (nSPS) is 12.6. The van der Waals surface area contributed by atoms with E-state index < -0.39 is 6.10 Å². The van der Waals surface area contributed by atoms with E-state index in [0.717, 1.165) is 5.56 Å². The van der Waals surface area contributed by atoms with E-state index in [4.69, 9.17) is 9.84 Å². The Morgan fingerprint density at radius 1 is 1.24 bits per heavy atom. The van der Waals surface area contributed by atoms with Crippen LogP contribution in [0.25, 0.3) is 0 Å². The van der Waals surface area contributed by atoms with Gasteiger partial charge in [0.15, 0.2) is 0 Å². The van der Waals surface area contributed by atoms with E-state index in [-0.39, 0.29) is 6.61 Å². The first-order valence-corrected chi connectivity index (χ1v) is 5.88. The van der Waals surface area contributed by atoms with Crippen molar-refractivity contribution in [2.45, 2.75) is 13.0 Å². The second-order valence-electron chi connectivity index (χ2n) is 3.97. The predicted octanol–water partition coefficient (Wildman–Crippen LogP) is 0.627. The zero-order valence-corrected chi connectivity index (χ0v) is 10.2. The first-order valence-electron chi connectivity index (χ1n) is 5.88. The molecule has 1 aromatic carbocycles. The van der Waals surface area contributed by atoms with Gasteiger partial charge in [-0.3, -0.25) is 0 Å². The molecule has 3 N–H and O–H groups in total. The molecular weight excluding hydrogens is 218 g/mol. The Hall–Kier alpha value is -0.940. The van der Waals surface area contributed by atoms with Crippen LogP contribution in [0.3, 0.4) is 0 Å². The Bertz CT molecular complexity index is 300. The van der Waals surface area contributed by atoms with Crippen molar-refractivity contribution >= 4 is 0 Å². The van der Waals surface area contributed by atoms with Crippen LogP contribution in [0, 0.1) is 6.92 Å².